The third-order valence-corrected chi connectivity index (χ3v) is 3.57. The predicted molar refractivity (Wildman–Crippen MR) is 81.2 cm³/mol. The van der Waals surface area contributed by atoms with E-state index in [1.165, 1.54) is 0 Å². The number of carbonyl (C=O) groups excluding carboxylic acids is 1. The first kappa shape index (κ1) is 18.2. The summed E-state index contributed by atoms with van der Waals surface area (Å²) in [6, 6.07) is 0.336. The van der Waals surface area contributed by atoms with Crippen LogP contribution in [0.25, 0.3) is 0 Å². The van der Waals surface area contributed by atoms with Crippen LogP contribution >= 0.6 is 0 Å². The van der Waals surface area contributed by atoms with Crippen molar-refractivity contribution in [1.29, 1.82) is 0 Å². The number of methoxy groups -OCH3 is 2. The van der Waals surface area contributed by atoms with Crippen molar-refractivity contribution in [3.05, 3.63) is 0 Å². The average Bonchev–Trinajstić information content (AvgIpc) is 2.75. The largest absolute Gasteiger partial charge is 0.444 e. The van der Waals surface area contributed by atoms with E-state index in [9.17, 15) is 4.79 Å². The van der Waals surface area contributed by atoms with Gasteiger partial charge in [0.05, 0.1) is 6.04 Å². The summed E-state index contributed by atoms with van der Waals surface area (Å²) in [7, 11) is 3.24. The fourth-order valence-electron chi connectivity index (χ4n) is 2.71. The van der Waals surface area contributed by atoms with E-state index in [4.69, 9.17) is 14.2 Å². The molecule has 6 heteroatoms. The van der Waals surface area contributed by atoms with Crippen molar-refractivity contribution in [3.63, 3.8) is 0 Å². The molecular formula is C15H30N2O4. The predicted octanol–water partition coefficient (Wildman–Crippen LogP) is 2.03. The van der Waals surface area contributed by atoms with Crippen LogP contribution in [-0.4, -0.2) is 50.3 Å². The van der Waals surface area contributed by atoms with Crippen LogP contribution in [0.2, 0.25) is 0 Å². The molecule has 1 saturated carbocycles. The topological polar surface area (TPSA) is 68.8 Å². The summed E-state index contributed by atoms with van der Waals surface area (Å²) in [5.74, 6) is 0. The van der Waals surface area contributed by atoms with Gasteiger partial charge in [0, 0.05) is 26.3 Å². The van der Waals surface area contributed by atoms with Crippen molar-refractivity contribution in [2.24, 2.45) is 0 Å². The van der Waals surface area contributed by atoms with Crippen molar-refractivity contribution in [3.8, 4) is 0 Å². The third-order valence-electron chi connectivity index (χ3n) is 3.57. The van der Waals surface area contributed by atoms with Crippen LogP contribution in [0.1, 0.15) is 47.0 Å². The van der Waals surface area contributed by atoms with Gasteiger partial charge in [-0.15, -0.1) is 0 Å². The molecular weight excluding hydrogens is 272 g/mol. The van der Waals surface area contributed by atoms with Gasteiger partial charge < -0.3 is 24.8 Å². The molecule has 1 aliphatic carbocycles. The number of rotatable bonds is 6. The fourth-order valence-corrected chi connectivity index (χ4v) is 2.71. The quantitative estimate of drug-likeness (QED) is 0.735. The van der Waals surface area contributed by atoms with Crippen molar-refractivity contribution in [2.75, 3.05) is 14.2 Å². The van der Waals surface area contributed by atoms with Gasteiger partial charge in [-0.3, -0.25) is 0 Å². The molecule has 0 heterocycles. The Morgan fingerprint density at radius 1 is 1.14 bits per heavy atom. The summed E-state index contributed by atoms with van der Waals surface area (Å²) in [6.07, 6.45) is 2.39. The molecule has 124 valence electrons. The summed E-state index contributed by atoms with van der Waals surface area (Å²) < 4.78 is 15.8. The van der Waals surface area contributed by atoms with Crippen LogP contribution in [0.3, 0.4) is 0 Å². The minimum Gasteiger partial charge on any atom is -0.444 e. The highest BCUT2D eigenvalue weighted by Gasteiger charge is 2.32. The van der Waals surface area contributed by atoms with Gasteiger partial charge in [0.15, 0.2) is 6.29 Å². The number of alkyl carbamates (subject to hydrolysis) is 1. The zero-order valence-electron chi connectivity index (χ0n) is 14.1. The summed E-state index contributed by atoms with van der Waals surface area (Å²) in [4.78, 5) is 11.9. The second kappa shape index (κ2) is 7.96. The van der Waals surface area contributed by atoms with E-state index in [1.807, 2.05) is 27.7 Å². The maximum Gasteiger partial charge on any atom is 0.407 e. The van der Waals surface area contributed by atoms with Gasteiger partial charge in [-0.1, -0.05) is 0 Å². The Morgan fingerprint density at radius 2 is 1.71 bits per heavy atom. The van der Waals surface area contributed by atoms with Crippen LogP contribution in [0, 0.1) is 0 Å². The zero-order chi connectivity index (χ0) is 16.0. The van der Waals surface area contributed by atoms with Crippen LogP contribution in [0.5, 0.6) is 0 Å². The minimum absolute atomic E-state index is 0.0473. The van der Waals surface area contributed by atoms with Gasteiger partial charge in [-0.2, -0.15) is 0 Å². The summed E-state index contributed by atoms with van der Waals surface area (Å²) in [6.45, 7) is 7.60. The van der Waals surface area contributed by atoms with E-state index in [-0.39, 0.29) is 30.5 Å². The van der Waals surface area contributed by atoms with E-state index in [2.05, 4.69) is 10.6 Å². The number of hydrogen-bond donors (Lipinski definition) is 2. The maximum absolute atomic E-state index is 11.9. The number of carbonyl (C=O) groups is 1. The fraction of sp³-hybridized carbons (Fsp3) is 0.933. The van der Waals surface area contributed by atoms with E-state index >= 15 is 0 Å². The van der Waals surface area contributed by atoms with Crippen molar-refractivity contribution in [2.45, 2.75) is 77.0 Å². The molecule has 0 aromatic heterocycles. The molecule has 0 aromatic carbocycles. The van der Waals surface area contributed by atoms with Crippen molar-refractivity contribution < 1.29 is 19.0 Å². The molecule has 3 unspecified atom stereocenters. The Kier molecular flexibility index (Phi) is 6.90. The Hall–Kier alpha value is -0.850. The van der Waals surface area contributed by atoms with E-state index in [1.54, 1.807) is 14.2 Å². The third kappa shape index (κ3) is 6.20. The molecule has 0 aliphatic heterocycles. The smallest absolute Gasteiger partial charge is 0.407 e. The molecule has 1 aliphatic rings. The summed E-state index contributed by atoms with van der Waals surface area (Å²) in [5, 5.41) is 6.44. The number of nitrogens with one attached hydrogen (secondary N) is 2. The highest BCUT2D eigenvalue weighted by Crippen LogP contribution is 2.21. The molecule has 3 atom stereocenters. The first-order chi connectivity index (χ1) is 9.76. The van der Waals surface area contributed by atoms with Crippen LogP contribution < -0.4 is 10.6 Å². The second-order valence-electron chi connectivity index (χ2n) is 6.59. The van der Waals surface area contributed by atoms with Gasteiger partial charge in [0.1, 0.15) is 5.60 Å². The van der Waals surface area contributed by atoms with Gasteiger partial charge in [0.2, 0.25) is 0 Å². The van der Waals surface area contributed by atoms with Gasteiger partial charge in [0.25, 0.3) is 0 Å². The van der Waals surface area contributed by atoms with Gasteiger partial charge >= 0.3 is 6.09 Å². The standard InChI is InChI=1S/C15H30N2O4/c1-10(13(19-5)20-6)16-11-8-7-9-12(11)17-14(18)21-15(2,3)4/h10-13,16H,7-9H2,1-6H3,(H,17,18). The Labute approximate surface area is 127 Å². The lowest BCUT2D eigenvalue weighted by Crippen LogP contribution is -2.53. The molecule has 21 heavy (non-hydrogen) atoms. The van der Waals surface area contributed by atoms with Gasteiger partial charge in [-0.05, 0) is 47.0 Å². The van der Waals surface area contributed by atoms with Gasteiger partial charge in [-0.25, -0.2) is 4.79 Å². The lowest BCUT2D eigenvalue weighted by Gasteiger charge is -2.29. The van der Waals surface area contributed by atoms with Crippen LogP contribution in [0.15, 0.2) is 0 Å². The summed E-state index contributed by atoms with van der Waals surface area (Å²) in [5.41, 5.74) is -0.476. The number of hydrogen-bond acceptors (Lipinski definition) is 5. The maximum atomic E-state index is 11.9. The highest BCUT2D eigenvalue weighted by molar-refractivity contribution is 5.68. The highest BCUT2D eigenvalue weighted by atomic mass is 16.7. The first-order valence-electron chi connectivity index (χ1n) is 7.58. The SMILES string of the molecule is COC(OC)C(C)NC1CCCC1NC(=O)OC(C)(C)C. The summed E-state index contributed by atoms with van der Waals surface area (Å²) >= 11 is 0. The van der Waals surface area contributed by atoms with Crippen LogP contribution in [0.4, 0.5) is 4.79 Å². The number of ether oxygens (including phenoxy) is 3. The Morgan fingerprint density at radius 3 is 2.24 bits per heavy atom. The molecule has 2 N–H and O–H groups in total. The Balaban J connectivity index is 2.50. The van der Waals surface area contributed by atoms with Crippen LogP contribution in [-0.2, 0) is 14.2 Å². The lowest BCUT2D eigenvalue weighted by molar-refractivity contribution is -0.121. The minimum atomic E-state index is -0.476. The van der Waals surface area contributed by atoms with Crippen molar-refractivity contribution in [1.82, 2.24) is 10.6 Å². The van der Waals surface area contributed by atoms with E-state index < -0.39 is 5.60 Å². The molecule has 0 radical (unpaired) electrons. The monoisotopic (exact) mass is 302 g/mol. The lowest BCUT2D eigenvalue weighted by atomic mass is 10.1. The Bertz CT molecular complexity index is 326. The average molecular weight is 302 g/mol. The molecule has 0 bridgehead atoms. The van der Waals surface area contributed by atoms with E-state index in [0.717, 1.165) is 19.3 Å². The molecule has 0 aromatic rings. The van der Waals surface area contributed by atoms with Crippen molar-refractivity contribution >= 4 is 6.09 Å². The molecule has 1 amide bonds. The number of amides is 1. The molecule has 1 fully saturated rings. The molecule has 1 rings (SSSR count). The first-order valence-corrected chi connectivity index (χ1v) is 7.58. The zero-order valence-corrected chi connectivity index (χ0v) is 14.1. The molecule has 0 saturated heterocycles. The molecule has 0 spiro atoms. The second-order valence-corrected chi connectivity index (χ2v) is 6.59. The molecule has 6 nitrogen and oxygen atoms in total. The normalized spacial score (nSPS) is 24.1. The van der Waals surface area contributed by atoms with E-state index in [0.29, 0.717) is 0 Å².